The highest BCUT2D eigenvalue weighted by Crippen LogP contribution is 2.40. The molecule has 0 bridgehead atoms. The molecule has 4 rings (SSSR count). The summed E-state index contributed by atoms with van der Waals surface area (Å²) in [6, 6.07) is 11.8. The molecule has 168 valence electrons. The highest BCUT2D eigenvalue weighted by molar-refractivity contribution is 9.10. The van der Waals surface area contributed by atoms with Crippen molar-refractivity contribution in [1.82, 2.24) is 9.80 Å². The van der Waals surface area contributed by atoms with E-state index in [1.807, 2.05) is 24.3 Å². The molecule has 1 atom stereocenters. The maximum Gasteiger partial charge on any atom is 0.295 e. The number of amides is 1. The largest absolute Gasteiger partial charge is 0.507 e. The summed E-state index contributed by atoms with van der Waals surface area (Å²) in [5.41, 5.74) is 1.03. The number of aliphatic hydroxyl groups is 1. The van der Waals surface area contributed by atoms with Gasteiger partial charge in [-0.25, -0.2) is 4.39 Å². The summed E-state index contributed by atoms with van der Waals surface area (Å²) < 4.78 is 19.5. The van der Waals surface area contributed by atoms with Crippen LogP contribution in [-0.2, 0) is 14.3 Å². The molecule has 1 unspecified atom stereocenters. The van der Waals surface area contributed by atoms with Gasteiger partial charge >= 0.3 is 0 Å². The Morgan fingerprint density at radius 3 is 2.50 bits per heavy atom. The van der Waals surface area contributed by atoms with Crippen LogP contribution in [0.25, 0.3) is 5.76 Å². The fraction of sp³-hybridized carbons (Fsp3) is 0.333. The van der Waals surface area contributed by atoms with Gasteiger partial charge in [-0.2, -0.15) is 0 Å². The van der Waals surface area contributed by atoms with Crippen molar-refractivity contribution in [2.45, 2.75) is 12.5 Å². The number of ether oxygens (including phenoxy) is 1. The van der Waals surface area contributed by atoms with Gasteiger partial charge in [-0.1, -0.05) is 28.1 Å². The second-order valence-corrected chi connectivity index (χ2v) is 8.78. The number of nitrogens with zero attached hydrogens (tertiary/aromatic N) is 2. The van der Waals surface area contributed by atoms with Gasteiger partial charge in [-0.15, -0.1) is 0 Å². The predicted octanol–water partition coefficient (Wildman–Crippen LogP) is 3.73. The molecule has 2 aromatic carbocycles. The molecular formula is C24H24BrFN2O4. The lowest BCUT2D eigenvalue weighted by molar-refractivity contribution is -0.140. The Morgan fingerprint density at radius 1 is 1.09 bits per heavy atom. The van der Waals surface area contributed by atoms with Crippen LogP contribution in [0.1, 0.15) is 23.6 Å². The fourth-order valence-corrected chi connectivity index (χ4v) is 4.60. The van der Waals surface area contributed by atoms with E-state index in [0.29, 0.717) is 31.7 Å². The number of carbonyl (C=O) groups excluding carboxylic acids is 2. The van der Waals surface area contributed by atoms with Crippen LogP contribution in [0, 0.1) is 5.82 Å². The maximum atomic E-state index is 13.4. The van der Waals surface area contributed by atoms with Gasteiger partial charge in [-0.3, -0.25) is 14.5 Å². The summed E-state index contributed by atoms with van der Waals surface area (Å²) in [5, 5.41) is 11.0. The van der Waals surface area contributed by atoms with E-state index < -0.39 is 23.5 Å². The van der Waals surface area contributed by atoms with Crippen LogP contribution >= 0.6 is 15.9 Å². The molecule has 0 radical (unpaired) electrons. The third-order valence-electron chi connectivity index (χ3n) is 5.80. The summed E-state index contributed by atoms with van der Waals surface area (Å²) in [7, 11) is 0. The summed E-state index contributed by atoms with van der Waals surface area (Å²) >= 11 is 3.45. The van der Waals surface area contributed by atoms with E-state index >= 15 is 0 Å². The number of benzene rings is 2. The molecule has 0 aromatic heterocycles. The number of ketones is 1. The first-order chi connectivity index (χ1) is 15.5. The van der Waals surface area contributed by atoms with Crippen molar-refractivity contribution in [2.24, 2.45) is 0 Å². The minimum atomic E-state index is -0.733. The molecule has 0 aliphatic carbocycles. The van der Waals surface area contributed by atoms with Gasteiger partial charge in [0.1, 0.15) is 11.6 Å². The number of likely N-dealkylation sites (tertiary alicyclic amines) is 1. The summed E-state index contributed by atoms with van der Waals surface area (Å²) in [4.78, 5) is 29.8. The molecule has 32 heavy (non-hydrogen) atoms. The second kappa shape index (κ2) is 9.94. The SMILES string of the molecule is O=C1C(=O)N(CCCN2CCOCC2)C(c2cccc(Br)c2)/C1=C(/O)c1ccc(F)cc1. The van der Waals surface area contributed by atoms with Crippen LogP contribution in [0.2, 0.25) is 0 Å². The molecule has 8 heteroatoms. The van der Waals surface area contributed by atoms with Gasteiger partial charge in [0.15, 0.2) is 0 Å². The fourth-order valence-electron chi connectivity index (χ4n) is 4.19. The Bertz CT molecular complexity index is 1030. The van der Waals surface area contributed by atoms with E-state index in [1.165, 1.54) is 29.2 Å². The lowest BCUT2D eigenvalue weighted by Crippen LogP contribution is -2.38. The number of rotatable bonds is 6. The Labute approximate surface area is 194 Å². The zero-order valence-corrected chi connectivity index (χ0v) is 19.1. The summed E-state index contributed by atoms with van der Waals surface area (Å²) in [5.74, 6) is -2.12. The average molecular weight is 503 g/mol. The monoisotopic (exact) mass is 502 g/mol. The maximum absolute atomic E-state index is 13.4. The number of hydrogen-bond donors (Lipinski definition) is 1. The van der Waals surface area contributed by atoms with E-state index in [1.54, 1.807) is 0 Å². The van der Waals surface area contributed by atoms with Crippen LogP contribution in [0.5, 0.6) is 0 Å². The molecule has 2 heterocycles. The van der Waals surface area contributed by atoms with Crippen LogP contribution in [0.3, 0.4) is 0 Å². The van der Waals surface area contributed by atoms with Crippen LogP contribution in [-0.4, -0.2) is 66.0 Å². The molecule has 6 nitrogen and oxygen atoms in total. The lowest BCUT2D eigenvalue weighted by atomic mass is 9.95. The number of aliphatic hydroxyl groups excluding tert-OH is 1. The minimum absolute atomic E-state index is 0.0195. The second-order valence-electron chi connectivity index (χ2n) is 7.86. The zero-order valence-electron chi connectivity index (χ0n) is 17.5. The number of halogens is 2. The minimum Gasteiger partial charge on any atom is -0.507 e. The quantitative estimate of drug-likeness (QED) is 0.370. The number of morpholine rings is 1. The molecule has 1 N–H and O–H groups in total. The average Bonchev–Trinajstić information content (AvgIpc) is 3.05. The zero-order chi connectivity index (χ0) is 22.7. The third kappa shape index (κ3) is 4.77. The molecule has 2 aliphatic heterocycles. The standard InChI is InChI=1S/C24H24BrFN2O4/c25-18-4-1-3-17(15-18)21-20(22(29)16-5-7-19(26)8-6-16)23(30)24(31)28(21)10-2-9-27-11-13-32-14-12-27/h1,3-8,15,21,29H,2,9-14H2/b22-20-. The van der Waals surface area contributed by atoms with Crippen molar-refractivity contribution in [3.63, 3.8) is 0 Å². The van der Waals surface area contributed by atoms with Crippen molar-refractivity contribution in [3.05, 3.63) is 75.5 Å². The van der Waals surface area contributed by atoms with Gasteiger partial charge in [-0.05, 0) is 48.4 Å². The molecule has 0 saturated carbocycles. The Morgan fingerprint density at radius 2 is 1.81 bits per heavy atom. The normalized spacial score (nSPS) is 21.3. The molecular weight excluding hydrogens is 479 g/mol. The lowest BCUT2D eigenvalue weighted by Gasteiger charge is -2.29. The van der Waals surface area contributed by atoms with Gasteiger partial charge in [0.05, 0.1) is 24.8 Å². The highest BCUT2D eigenvalue weighted by Gasteiger charge is 2.45. The summed E-state index contributed by atoms with van der Waals surface area (Å²) in [6.45, 7) is 4.24. The van der Waals surface area contributed by atoms with Crippen molar-refractivity contribution in [2.75, 3.05) is 39.4 Å². The smallest absolute Gasteiger partial charge is 0.295 e. The first kappa shape index (κ1) is 22.6. The first-order valence-corrected chi connectivity index (χ1v) is 11.3. The van der Waals surface area contributed by atoms with Gasteiger partial charge in [0.2, 0.25) is 0 Å². The van der Waals surface area contributed by atoms with Gasteiger partial charge in [0, 0.05) is 36.2 Å². The highest BCUT2D eigenvalue weighted by atomic mass is 79.9. The van der Waals surface area contributed by atoms with Crippen LogP contribution in [0.15, 0.2) is 58.6 Å². The van der Waals surface area contributed by atoms with Crippen molar-refractivity contribution in [1.29, 1.82) is 0 Å². The molecule has 2 saturated heterocycles. The van der Waals surface area contributed by atoms with Crippen molar-refractivity contribution < 1.29 is 23.8 Å². The van der Waals surface area contributed by atoms with E-state index in [0.717, 1.165) is 24.1 Å². The Hall–Kier alpha value is -2.55. The Balaban J connectivity index is 1.67. The molecule has 1 amide bonds. The molecule has 2 aromatic rings. The molecule has 2 aliphatic rings. The number of Topliss-reactive ketones (excluding diaryl/α,β-unsaturated/α-hetero) is 1. The topological polar surface area (TPSA) is 70.1 Å². The first-order valence-electron chi connectivity index (χ1n) is 10.6. The van der Waals surface area contributed by atoms with E-state index in [2.05, 4.69) is 20.8 Å². The number of carbonyl (C=O) groups is 2. The number of hydrogen-bond acceptors (Lipinski definition) is 5. The predicted molar refractivity (Wildman–Crippen MR) is 121 cm³/mol. The third-order valence-corrected chi connectivity index (χ3v) is 6.29. The van der Waals surface area contributed by atoms with E-state index in [4.69, 9.17) is 4.74 Å². The molecule has 2 fully saturated rings. The van der Waals surface area contributed by atoms with E-state index in [9.17, 15) is 19.1 Å². The van der Waals surface area contributed by atoms with Crippen molar-refractivity contribution >= 4 is 33.4 Å². The van der Waals surface area contributed by atoms with Gasteiger partial charge in [0.25, 0.3) is 11.7 Å². The van der Waals surface area contributed by atoms with Crippen molar-refractivity contribution in [3.8, 4) is 0 Å². The summed E-state index contributed by atoms with van der Waals surface area (Å²) in [6.07, 6.45) is 0.689. The van der Waals surface area contributed by atoms with E-state index in [-0.39, 0.29) is 16.9 Å². The Kier molecular flexibility index (Phi) is 7.03. The van der Waals surface area contributed by atoms with Crippen LogP contribution in [0.4, 0.5) is 4.39 Å². The van der Waals surface area contributed by atoms with Crippen LogP contribution < -0.4 is 0 Å². The molecule has 0 spiro atoms. The van der Waals surface area contributed by atoms with Gasteiger partial charge < -0.3 is 14.7 Å².